The first-order valence-corrected chi connectivity index (χ1v) is 5.94. The van der Waals surface area contributed by atoms with E-state index >= 15 is 0 Å². The molecule has 1 aliphatic heterocycles. The molecule has 0 radical (unpaired) electrons. The zero-order chi connectivity index (χ0) is 11.5. The molecule has 0 spiro atoms. The lowest BCUT2D eigenvalue weighted by molar-refractivity contribution is 0.186. The molecule has 1 aromatic heterocycles. The van der Waals surface area contributed by atoms with Gasteiger partial charge < -0.3 is 4.74 Å². The topological polar surface area (TPSA) is 25.4 Å². The largest absolute Gasteiger partial charge is 0.481 e. The maximum atomic E-state index is 5.14. The Labute approximate surface area is 97.4 Å². The van der Waals surface area contributed by atoms with Crippen molar-refractivity contribution in [2.45, 2.75) is 32.2 Å². The Morgan fingerprint density at radius 1 is 1.38 bits per heavy atom. The summed E-state index contributed by atoms with van der Waals surface area (Å²) in [7, 11) is 3.86. The van der Waals surface area contributed by atoms with Gasteiger partial charge in [0.1, 0.15) is 0 Å². The maximum Gasteiger partial charge on any atom is 0.213 e. The molecule has 0 N–H and O–H groups in total. The van der Waals surface area contributed by atoms with E-state index in [0.717, 1.165) is 5.69 Å². The first kappa shape index (κ1) is 11.4. The third-order valence-electron chi connectivity index (χ3n) is 3.44. The van der Waals surface area contributed by atoms with Gasteiger partial charge in [-0.3, -0.25) is 4.90 Å². The van der Waals surface area contributed by atoms with Crippen molar-refractivity contribution in [2.75, 3.05) is 20.7 Å². The average molecular weight is 220 g/mol. The Balaban J connectivity index is 2.25. The fourth-order valence-electron chi connectivity index (χ4n) is 2.48. The molecule has 3 heteroatoms. The molecule has 0 saturated carbocycles. The zero-order valence-electron chi connectivity index (χ0n) is 10.4. The molecule has 16 heavy (non-hydrogen) atoms. The lowest BCUT2D eigenvalue weighted by Gasteiger charge is -2.33. The number of piperidine rings is 1. The van der Waals surface area contributed by atoms with Gasteiger partial charge in [0.05, 0.1) is 7.11 Å². The minimum Gasteiger partial charge on any atom is -0.481 e. The van der Waals surface area contributed by atoms with Crippen molar-refractivity contribution < 1.29 is 4.74 Å². The first-order valence-electron chi connectivity index (χ1n) is 5.94. The zero-order valence-corrected chi connectivity index (χ0v) is 10.4. The van der Waals surface area contributed by atoms with Gasteiger partial charge >= 0.3 is 0 Å². The van der Waals surface area contributed by atoms with Gasteiger partial charge in [-0.1, -0.05) is 12.5 Å². The van der Waals surface area contributed by atoms with Crippen LogP contribution < -0.4 is 4.74 Å². The summed E-state index contributed by atoms with van der Waals surface area (Å²) >= 11 is 0. The van der Waals surface area contributed by atoms with Gasteiger partial charge in [0, 0.05) is 17.8 Å². The molecule has 0 aromatic carbocycles. The Morgan fingerprint density at radius 3 is 2.81 bits per heavy atom. The molecule has 1 aromatic rings. The highest BCUT2D eigenvalue weighted by molar-refractivity contribution is 5.28. The molecule has 2 heterocycles. The standard InChI is InChI=1S/C13H20N2O/c1-10-11(7-8-13(14-10)16-3)12-6-4-5-9-15(12)2/h7-8,12H,4-6,9H2,1-3H3. The predicted molar refractivity (Wildman–Crippen MR) is 64.7 cm³/mol. The second kappa shape index (κ2) is 4.83. The van der Waals surface area contributed by atoms with E-state index in [-0.39, 0.29) is 0 Å². The quantitative estimate of drug-likeness (QED) is 0.766. The fraction of sp³-hybridized carbons (Fsp3) is 0.615. The molecule has 88 valence electrons. The van der Waals surface area contributed by atoms with Crippen LogP contribution in [0.4, 0.5) is 0 Å². The molecule has 0 bridgehead atoms. The highest BCUT2D eigenvalue weighted by atomic mass is 16.5. The van der Waals surface area contributed by atoms with Crippen LogP contribution in [0.5, 0.6) is 5.88 Å². The fourth-order valence-corrected chi connectivity index (χ4v) is 2.48. The maximum absolute atomic E-state index is 5.14. The van der Waals surface area contributed by atoms with Crippen LogP contribution in [-0.4, -0.2) is 30.6 Å². The SMILES string of the molecule is COc1ccc(C2CCCCN2C)c(C)n1. The number of likely N-dealkylation sites (tertiary alicyclic amines) is 1. The van der Waals surface area contributed by atoms with Crippen LogP contribution in [0.15, 0.2) is 12.1 Å². The molecule has 0 aliphatic carbocycles. The molecule has 1 atom stereocenters. The monoisotopic (exact) mass is 220 g/mol. The number of nitrogens with zero attached hydrogens (tertiary/aromatic N) is 2. The van der Waals surface area contributed by atoms with Crippen molar-refractivity contribution >= 4 is 0 Å². The van der Waals surface area contributed by atoms with Crippen LogP contribution in [0.25, 0.3) is 0 Å². The van der Waals surface area contributed by atoms with Gasteiger partial charge in [0.15, 0.2) is 0 Å². The molecule has 1 fully saturated rings. The number of pyridine rings is 1. The molecular formula is C13H20N2O. The summed E-state index contributed by atoms with van der Waals surface area (Å²) in [4.78, 5) is 6.88. The molecule has 3 nitrogen and oxygen atoms in total. The van der Waals surface area contributed by atoms with E-state index in [9.17, 15) is 0 Å². The van der Waals surface area contributed by atoms with E-state index in [1.807, 2.05) is 6.07 Å². The highest BCUT2D eigenvalue weighted by Gasteiger charge is 2.22. The third kappa shape index (κ3) is 2.19. The highest BCUT2D eigenvalue weighted by Crippen LogP contribution is 2.31. The summed E-state index contributed by atoms with van der Waals surface area (Å²) in [5.41, 5.74) is 2.45. The van der Waals surface area contributed by atoms with Crippen LogP contribution in [0.3, 0.4) is 0 Å². The molecule has 2 rings (SSSR count). The summed E-state index contributed by atoms with van der Waals surface area (Å²) in [5, 5.41) is 0. The van der Waals surface area contributed by atoms with Gasteiger partial charge in [-0.25, -0.2) is 4.98 Å². The number of aromatic nitrogens is 1. The number of aryl methyl sites for hydroxylation is 1. The van der Waals surface area contributed by atoms with Gasteiger partial charge in [-0.05, 0) is 38.9 Å². The Morgan fingerprint density at radius 2 is 2.19 bits per heavy atom. The Hall–Kier alpha value is -1.09. The van der Waals surface area contributed by atoms with Crippen LogP contribution in [0.1, 0.15) is 36.6 Å². The second-order valence-corrected chi connectivity index (χ2v) is 4.52. The number of hydrogen-bond acceptors (Lipinski definition) is 3. The average Bonchev–Trinajstić information content (AvgIpc) is 2.30. The van der Waals surface area contributed by atoms with E-state index < -0.39 is 0 Å². The van der Waals surface area contributed by atoms with Crippen molar-refractivity contribution in [3.8, 4) is 5.88 Å². The number of ether oxygens (including phenoxy) is 1. The van der Waals surface area contributed by atoms with Crippen molar-refractivity contribution in [3.05, 3.63) is 23.4 Å². The number of hydrogen-bond donors (Lipinski definition) is 0. The van der Waals surface area contributed by atoms with Crippen molar-refractivity contribution in [1.82, 2.24) is 9.88 Å². The molecule has 1 unspecified atom stereocenters. The van der Waals surface area contributed by atoms with E-state index in [0.29, 0.717) is 11.9 Å². The summed E-state index contributed by atoms with van der Waals surface area (Å²) in [5.74, 6) is 0.708. The van der Waals surface area contributed by atoms with E-state index in [1.165, 1.54) is 31.4 Å². The van der Waals surface area contributed by atoms with Gasteiger partial charge in [-0.15, -0.1) is 0 Å². The van der Waals surface area contributed by atoms with Crippen LogP contribution in [0.2, 0.25) is 0 Å². The second-order valence-electron chi connectivity index (χ2n) is 4.52. The summed E-state index contributed by atoms with van der Waals surface area (Å²) in [6, 6.07) is 4.66. The van der Waals surface area contributed by atoms with Crippen LogP contribution >= 0.6 is 0 Å². The van der Waals surface area contributed by atoms with E-state index in [2.05, 4.69) is 29.9 Å². The molecule has 0 amide bonds. The van der Waals surface area contributed by atoms with Crippen molar-refractivity contribution in [2.24, 2.45) is 0 Å². The van der Waals surface area contributed by atoms with Crippen molar-refractivity contribution in [3.63, 3.8) is 0 Å². The normalized spacial score (nSPS) is 22.1. The Kier molecular flexibility index (Phi) is 3.44. The lowest BCUT2D eigenvalue weighted by atomic mass is 9.95. The third-order valence-corrected chi connectivity index (χ3v) is 3.44. The van der Waals surface area contributed by atoms with Crippen molar-refractivity contribution in [1.29, 1.82) is 0 Å². The summed E-state index contributed by atoms with van der Waals surface area (Å²) in [6.45, 7) is 3.26. The summed E-state index contributed by atoms with van der Waals surface area (Å²) in [6.07, 6.45) is 3.88. The molecule has 1 saturated heterocycles. The smallest absolute Gasteiger partial charge is 0.213 e. The Bertz CT molecular complexity index is 365. The van der Waals surface area contributed by atoms with Crippen LogP contribution in [0, 0.1) is 6.92 Å². The minimum absolute atomic E-state index is 0.534. The number of rotatable bonds is 2. The predicted octanol–water partition coefficient (Wildman–Crippen LogP) is 2.56. The van der Waals surface area contributed by atoms with Gasteiger partial charge in [0.25, 0.3) is 0 Å². The minimum atomic E-state index is 0.534. The van der Waals surface area contributed by atoms with Crippen LogP contribution in [-0.2, 0) is 0 Å². The van der Waals surface area contributed by atoms with E-state index in [1.54, 1.807) is 7.11 Å². The number of methoxy groups -OCH3 is 1. The summed E-state index contributed by atoms with van der Waals surface area (Å²) < 4.78 is 5.14. The van der Waals surface area contributed by atoms with E-state index in [4.69, 9.17) is 4.74 Å². The van der Waals surface area contributed by atoms with Gasteiger partial charge in [-0.2, -0.15) is 0 Å². The van der Waals surface area contributed by atoms with Gasteiger partial charge in [0.2, 0.25) is 5.88 Å². The lowest BCUT2D eigenvalue weighted by Crippen LogP contribution is -2.30. The molecular weight excluding hydrogens is 200 g/mol. The first-order chi connectivity index (χ1) is 7.72. The molecule has 1 aliphatic rings.